The lowest BCUT2D eigenvalue weighted by Gasteiger charge is -2.31. The summed E-state index contributed by atoms with van der Waals surface area (Å²) in [5.74, 6) is 0.822. The van der Waals surface area contributed by atoms with Gasteiger partial charge < -0.3 is 4.90 Å². The van der Waals surface area contributed by atoms with Gasteiger partial charge in [0.15, 0.2) is 11.5 Å². The van der Waals surface area contributed by atoms with Gasteiger partial charge in [0.2, 0.25) is 0 Å². The Morgan fingerprint density at radius 3 is 2.72 bits per heavy atom. The third kappa shape index (κ3) is 2.88. The van der Waals surface area contributed by atoms with Gasteiger partial charge in [-0.1, -0.05) is 0 Å². The quantitative estimate of drug-likeness (QED) is 0.524. The Morgan fingerprint density at radius 2 is 1.93 bits per heavy atom. The summed E-state index contributed by atoms with van der Waals surface area (Å²) >= 11 is 0. The van der Waals surface area contributed by atoms with E-state index >= 15 is 0 Å². The zero-order chi connectivity index (χ0) is 20.1. The maximum Gasteiger partial charge on any atom is 0.274 e. The molecule has 0 bridgehead atoms. The van der Waals surface area contributed by atoms with Crippen molar-refractivity contribution in [3.05, 3.63) is 69.7 Å². The second kappa shape index (κ2) is 6.51. The van der Waals surface area contributed by atoms with Gasteiger partial charge in [-0.3, -0.25) is 14.5 Å². The van der Waals surface area contributed by atoms with E-state index < -0.39 is 0 Å². The van der Waals surface area contributed by atoms with Crippen molar-refractivity contribution in [2.45, 2.75) is 26.8 Å². The first-order valence-electron chi connectivity index (χ1n) is 9.58. The Labute approximate surface area is 167 Å². The van der Waals surface area contributed by atoms with Crippen molar-refractivity contribution >= 4 is 11.5 Å². The van der Waals surface area contributed by atoms with E-state index in [2.05, 4.69) is 31.1 Å². The summed E-state index contributed by atoms with van der Waals surface area (Å²) in [4.78, 5) is 23.5. The fourth-order valence-electron chi connectivity index (χ4n) is 3.89. The Bertz CT molecular complexity index is 1300. The molecule has 8 nitrogen and oxygen atoms in total. The van der Waals surface area contributed by atoms with Gasteiger partial charge >= 0.3 is 0 Å². The van der Waals surface area contributed by atoms with Gasteiger partial charge in [0, 0.05) is 79.2 Å². The van der Waals surface area contributed by atoms with Gasteiger partial charge in [-0.2, -0.15) is 9.61 Å². The van der Waals surface area contributed by atoms with E-state index in [-0.39, 0.29) is 5.56 Å². The maximum atomic E-state index is 12.3. The minimum absolute atomic E-state index is 0.169. The van der Waals surface area contributed by atoms with E-state index in [0.29, 0.717) is 12.2 Å². The molecule has 146 valence electrons. The van der Waals surface area contributed by atoms with Crippen LogP contribution in [0.1, 0.15) is 22.4 Å². The number of aryl methyl sites for hydroxylation is 2. The molecule has 0 radical (unpaired) electrons. The summed E-state index contributed by atoms with van der Waals surface area (Å²) in [6.07, 6.45) is 8.13. The molecule has 0 saturated heterocycles. The molecule has 0 amide bonds. The zero-order valence-electron chi connectivity index (χ0n) is 16.6. The third-order valence-corrected chi connectivity index (χ3v) is 5.63. The van der Waals surface area contributed by atoms with Crippen LogP contribution in [0.5, 0.6) is 0 Å². The van der Waals surface area contributed by atoms with Crippen LogP contribution in [-0.2, 0) is 20.0 Å². The summed E-state index contributed by atoms with van der Waals surface area (Å²) in [7, 11) is 1.91. The number of hydrogen-bond donors (Lipinski definition) is 0. The Hall–Kier alpha value is -3.55. The van der Waals surface area contributed by atoms with E-state index in [1.165, 1.54) is 22.3 Å². The maximum absolute atomic E-state index is 12.3. The highest BCUT2D eigenvalue weighted by molar-refractivity contribution is 5.63. The van der Waals surface area contributed by atoms with Gasteiger partial charge in [0.1, 0.15) is 0 Å². The Kier molecular flexibility index (Phi) is 3.94. The minimum Gasteiger partial charge on any atom is -0.350 e. The Morgan fingerprint density at radius 1 is 1.07 bits per heavy atom. The molecule has 1 aliphatic heterocycles. The number of hydrogen-bond acceptors (Lipinski definition) is 6. The molecule has 0 aliphatic carbocycles. The fraction of sp³-hybridized carbons (Fsp3) is 0.286. The first kappa shape index (κ1) is 17.5. The first-order valence-corrected chi connectivity index (χ1v) is 9.58. The number of pyridine rings is 1. The van der Waals surface area contributed by atoms with Crippen LogP contribution in [0.25, 0.3) is 16.8 Å². The second-order valence-corrected chi connectivity index (χ2v) is 7.50. The van der Waals surface area contributed by atoms with E-state index in [0.717, 1.165) is 46.7 Å². The monoisotopic (exact) mass is 387 g/mol. The molecular formula is C21H21N7O. The van der Waals surface area contributed by atoms with Crippen molar-refractivity contribution in [3.8, 4) is 11.1 Å². The van der Waals surface area contributed by atoms with Crippen LogP contribution in [0, 0.1) is 13.8 Å². The van der Waals surface area contributed by atoms with Crippen molar-refractivity contribution in [1.82, 2.24) is 29.4 Å². The lowest BCUT2D eigenvalue weighted by atomic mass is 10.0. The van der Waals surface area contributed by atoms with Gasteiger partial charge in [-0.25, -0.2) is 4.98 Å². The highest BCUT2D eigenvalue weighted by Gasteiger charge is 2.23. The van der Waals surface area contributed by atoms with E-state index in [9.17, 15) is 4.79 Å². The fourth-order valence-corrected chi connectivity index (χ4v) is 3.89. The minimum atomic E-state index is -0.169. The molecule has 0 spiro atoms. The third-order valence-electron chi connectivity index (χ3n) is 5.63. The molecule has 4 aromatic heterocycles. The van der Waals surface area contributed by atoms with Crippen LogP contribution in [0.3, 0.4) is 0 Å². The zero-order valence-corrected chi connectivity index (χ0v) is 16.6. The smallest absolute Gasteiger partial charge is 0.274 e. The van der Waals surface area contributed by atoms with Crippen LogP contribution < -0.4 is 10.5 Å². The summed E-state index contributed by atoms with van der Waals surface area (Å²) in [6.45, 7) is 5.53. The molecule has 0 atom stereocenters. The molecule has 0 aromatic carbocycles. The molecular weight excluding hydrogens is 366 g/mol. The number of aromatic nitrogens is 6. The summed E-state index contributed by atoms with van der Waals surface area (Å²) in [6, 6.07) is 3.62. The molecule has 0 fully saturated rings. The number of nitrogens with zero attached hydrogens (tertiary/aromatic N) is 7. The molecule has 5 heterocycles. The van der Waals surface area contributed by atoms with Crippen molar-refractivity contribution in [2.24, 2.45) is 7.05 Å². The lowest BCUT2D eigenvalue weighted by Crippen LogP contribution is -2.33. The number of rotatable bonds is 2. The predicted molar refractivity (Wildman–Crippen MR) is 110 cm³/mol. The van der Waals surface area contributed by atoms with E-state index in [1.807, 2.05) is 39.5 Å². The van der Waals surface area contributed by atoms with Crippen LogP contribution >= 0.6 is 0 Å². The van der Waals surface area contributed by atoms with Crippen LogP contribution in [0.4, 0.5) is 5.82 Å². The largest absolute Gasteiger partial charge is 0.350 e. The highest BCUT2D eigenvalue weighted by Crippen LogP contribution is 2.29. The average Bonchev–Trinajstić information content (AvgIpc) is 3.16. The van der Waals surface area contributed by atoms with Crippen LogP contribution in [0.2, 0.25) is 0 Å². The summed E-state index contributed by atoms with van der Waals surface area (Å²) < 4.78 is 3.19. The molecule has 0 saturated carbocycles. The van der Waals surface area contributed by atoms with Crippen molar-refractivity contribution in [2.75, 3.05) is 11.4 Å². The highest BCUT2D eigenvalue weighted by atomic mass is 16.1. The average molecular weight is 387 g/mol. The Balaban J connectivity index is 1.56. The first-order chi connectivity index (χ1) is 14.0. The SMILES string of the molecule is Cc1c(N2CCc3ncc(-c4cnn(C)c4)cc3C2)nn2c(=O)ccnc2c1C. The summed E-state index contributed by atoms with van der Waals surface area (Å²) in [5, 5.41) is 8.91. The number of fused-ring (bicyclic) bond motifs is 2. The molecule has 0 N–H and O–H groups in total. The molecule has 8 heteroatoms. The van der Waals surface area contributed by atoms with Gasteiger partial charge in [0.25, 0.3) is 5.56 Å². The van der Waals surface area contributed by atoms with E-state index in [1.54, 1.807) is 4.68 Å². The van der Waals surface area contributed by atoms with Gasteiger partial charge in [-0.15, -0.1) is 5.10 Å². The molecule has 4 aromatic rings. The van der Waals surface area contributed by atoms with Crippen molar-refractivity contribution in [1.29, 1.82) is 0 Å². The lowest BCUT2D eigenvalue weighted by molar-refractivity contribution is 0.684. The molecule has 1 aliphatic rings. The van der Waals surface area contributed by atoms with Crippen molar-refractivity contribution in [3.63, 3.8) is 0 Å². The summed E-state index contributed by atoms with van der Waals surface area (Å²) in [5.41, 5.74) is 6.85. The molecule has 0 unspecified atom stereocenters. The van der Waals surface area contributed by atoms with E-state index in [4.69, 9.17) is 0 Å². The standard InChI is InChI=1S/C21H21N7O/c1-13-14(2)21(25-28-19(29)4-6-22-20(13)28)27-7-5-18-16(12-27)8-15(9-23-18)17-10-24-26(3)11-17/h4,6,8-11H,5,7,12H2,1-3H3. The van der Waals surface area contributed by atoms with Crippen LogP contribution in [-0.4, -0.2) is 35.9 Å². The van der Waals surface area contributed by atoms with Gasteiger partial charge in [0.05, 0.1) is 6.20 Å². The van der Waals surface area contributed by atoms with Crippen LogP contribution in [0.15, 0.2) is 41.7 Å². The van der Waals surface area contributed by atoms with Crippen molar-refractivity contribution < 1.29 is 0 Å². The second-order valence-electron chi connectivity index (χ2n) is 7.50. The number of anilines is 1. The topological polar surface area (TPSA) is 81.2 Å². The predicted octanol–water partition coefficient (Wildman–Crippen LogP) is 2.06. The normalized spacial score (nSPS) is 13.7. The van der Waals surface area contributed by atoms with Gasteiger partial charge in [-0.05, 0) is 25.5 Å². The molecule has 5 rings (SSSR count). The molecule has 29 heavy (non-hydrogen) atoms.